The van der Waals surface area contributed by atoms with Crippen molar-refractivity contribution in [3.05, 3.63) is 64.7 Å². The Labute approximate surface area is 152 Å². The number of carbonyl (C=O) groups excluding carboxylic acids is 1. The molecule has 0 aromatic heterocycles. The first-order valence-electron chi connectivity index (χ1n) is 8.44. The topological polar surface area (TPSA) is 76.1 Å². The molecule has 6 nitrogen and oxygen atoms in total. The minimum Gasteiger partial charge on any atom is -0.491 e. The highest BCUT2D eigenvalue weighted by atomic mass is 16.5. The van der Waals surface area contributed by atoms with E-state index in [2.05, 4.69) is 0 Å². The van der Waals surface area contributed by atoms with Gasteiger partial charge in [0.05, 0.1) is 12.2 Å². The number of nitrogens with zero attached hydrogens (tertiary/aromatic N) is 1. The Bertz CT molecular complexity index is 818. The van der Waals surface area contributed by atoms with E-state index in [4.69, 9.17) is 14.6 Å². The van der Waals surface area contributed by atoms with Crippen molar-refractivity contribution >= 4 is 11.9 Å². The van der Waals surface area contributed by atoms with Gasteiger partial charge in [0.2, 0.25) is 0 Å². The summed E-state index contributed by atoms with van der Waals surface area (Å²) in [5.74, 6) is -0.427. The summed E-state index contributed by atoms with van der Waals surface area (Å²) in [5.41, 5.74) is 2.78. The molecule has 0 saturated carbocycles. The quantitative estimate of drug-likeness (QED) is 0.806. The van der Waals surface area contributed by atoms with Crippen molar-refractivity contribution in [1.29, 1.82) is 0 Å². The van der Waals surface area contributed by atoms with E-state index in [-0.39, 0.29) is 11.5 Å². The predicted molar refractivity (Wildman–Crippen MR) is 95.7 cm³/mol. The van der Waals surface area contributed by atoms with Crippen LogP contribution in [0.15, 0.2) is 42.5 Å². The minimum atomic E-state index is -0.961. The fraction of sp³-hybridized carbons (Fsp3) is 0.300. The predicted octanol–water partition coefficient (Wildman–Crippen LogP) is 2.61. The van der Waals surface area contributed by atoms with Gasteiger partial charge in [-0.25, -0.2) is 4.79 Å². The molecule has 0 unspecified atom stereocenters. The van der Waals surface area contributed by atoms with Gasteiger partial charge in [-0.15, -0.1) is 0 Å². The highest BCUT2D eigenvalue weighted by molar-refractivity contribution is 5.95. The van der Waals surface area contributed by atoms with Crippen molar-refractivity contribution in [1.82, 2.24) is 4.90 Å². The summed E-state index contributed by atoms with van der Waals surface area (Å²) in [6.45, 7) is 1.91. The standard InChI is InChI=1S/C20H21NO5/c1-25-9-10-26-18-4-2-3-15(12-18)19(22)21-8-7-14-5-6-16(20(23)24)11-17(14)13-21/h2-6,11-12H,7-10,13H2,1H3,(H,23,24). The number of rotatable bonds is 6. The van der Waals surface area contributed by atoms with Gasteiger partial charge in [0.25, 0.3) is 5.91 Å². The number of carboxylic acid groups (broad SMARTS) is 1. The highest BCUT2D eigenvalue weighted by Gasteiger charge is 2.23. The number of hydrogen-bond acceptors (Lipinski definition) is 4. The number of carbonyl (C=O) groups is 2. The van der Waals surface area contributed by atoms with Gasteiger partial charge in [-0.1, -0.05) is 12.1 Å². The zero-order valence-corrected chi connectivity index (χ0v) is 14.6. The lowest BCUT2D eigenvalue weighted by molar-refractivity contribution is 0.0696. The van der Waals surface area contributed by atoms with Crippen LogP contribution in [0.1, 0.15) is 31.8 Å². The molecule has 2 aromatic carbocycles. The molecule has 0 aliphatic carbocycles. The van der Waals surface area contributed by atoms with Crippen molar-refractivity contribution < 1.29 is 24.2 Å². The van der Waals surface area contributed by atoms with Gasteiger partial charge >= 0.3 is 5.97 Å². The second-order valence-corrected chi connectivity index (χ2v) is 6.13. The van der Waals surface area contributed by atoms with Gasteiger partial charge < -0.3 is 19.5 Å². The Hall–Kier alpha value is -2.86. The smallest absolute Gasteiger partial charge is 0.335 e. The maximum absolute atomic E-state index is 12.8. The number of fused-ring (bicyclic) bond motifs is 1. The highest BCUT2D eigenvalue weighted by Crippen LogP contribution is 2.23. The molecule has 1 amide bonds. The number of amides is 1. The molecule has 1 aliphatic rings. The monoisotopic (exact) mass is 355 g/mol. The number of methoxy groups -OCH3 is 1. The van der Waals surface area contributed by atoms with Crippen LogP contribution in [0.25, 0.3) is 0 Å². The number of aromatic carboxylic acids is 1. The Morgan fingerprint density at radius 3 is 2.69 bits per heavy atom. The van der Waals surface area contributed by atoms with E-state index in [9.17, 15) is 9.59 Å². The number of benzene rings is 2. The SMILES string of the molecule is COCCOc1cccc(C(=O)N2CCc3ccc(C(=O)O)cc3C2)c1. The van der Waals surface area contributed by atoms with Crippen molar-refractivity contribution in [2.24, 2.45) is 0 Å². The molecule has 0 bridgehead atoms. The van der Waals surface area contributed by atoms with E-state index in [1.807, 2.05) is 6.07 Å². The van der Waals surface area contributed by atoms with Gasteiger partial charge in [0.15, 0.2) is 0 Å². The van der Waals surface area contributed by atoms with Crippen molar-refractivity contribution in [3.63, 3.8) is 0 Å². The normalized spacial score (nSPS) is 13.2. The zero-order valence-electron chi connectivity index (χ0n) is 14.6. The first-order chi connectivity index (χ1) is 12.6. The zero-order chi connectivity index (χ0) is 18.5. The van der Waals surface area contributed by atoms with Gasteiger partial charge in [-0.3, -0.25) is 4.79 Å². The second-order valence-electron chi connectivity index (χ2n) is 6.13. The molecule has 1 N–H and O–H groups in total. The molecule has 3 rings (SSSR count). The summed E-state index contributed by atoms with van der Waals surface area (Å²) in [5, 5.41) is 9.16. The maximum Gasteiger partial charge on any atom is 0.335 e. The minimum absolute atomic E-state index is 0.0893. The van der Waals surface area contributed by atoms with Crippen LogP contribution in [0, 0.1) is 0 Å². The Kier molecular flexibility index (Phi) is 5.53. The summed E-state index contributed by atoms with van der Waals surface area (Å²) < 4.78 is 10.5. The summed E-state index contributed by atoms with van der Waals surface area (Å²) in [4.78, 5) is 25.7. The Morgan fingerprint density at radius 1 is 1.08 bits per heavy atom. The molecule has 0 fully saturated rings. The summed E-state index contributed by atoms with van der Waals surface area (Å²) in [6.07, 6.45) is 0.713. The largest absolute Gasteiger partial charge is 0.491 e. The molecular weight excluding hydrogens is 334 g/mol. The average Bonchev–Trinajstić information content (AvgIpc) is 2.67. The van der Waals surface area contributed by atoms with E-state index in [0.717, 1.165) is 11.1 Å². The Balaban J connectivity index is 1.74. The van der Waals surface area contributed by atoms with E-state index in [1.165, 1.54) is 0 Å². The lowest BCUT2D eigenvalue weighted by Gasteiger charge is -2.29. The van der Waals surface area contributed by atoms with Crippen LogP contribution in [0.2, 0.25) is 0 Å². The van der Waals surface area contributed by atoms with Gasteiger partial charge in [0.1, 0.15) is 12.4 Å². The Morgan fingerprint density at radius 2 is 1.92 bits per heavy atom. The molecule has 2 aromatic rings. The van der Waals surface area contributed by atoms with Crippen LogP contribution in [0.4, 0.5) is 0 Å². The maximum atomic E-state index is 12.8. The van der Waals surface area contributed by atoms with Crippen LogP contribution in [0.3, 0.4) is 0 Å². The summed E-state index contributed by atoms with van der Waals surface area (Å²) in [7, 11) is 1.60. The molecule has 26 heavy (non-hydrogen) atoms. The van der Waals surface area contributed by atoms with Crippen LogP contribution in [0.5, 0.6) is 5.75 Å². The number of carboxylic acids is 1. The fourth-order valence-corrected chi connectivity index (χ4v) is 3.01. The van der Waals surface area contributed by atoms with E-state index in [0.29, 0.717) is 44.0 Å². The first-order valence-corrected chi connectivity index (χ1v) is 8.44. The third-order valence-electron chi connectivity index (χ3n) is 4.39. The van der Waals surface area contributed by atoms with Crippen molar-refractivity contribution in [3.8, 4) is 5.75 Å². The molecular formula is C20H21NO5. The first kappa shape index (κ1) is 17.9. The summed E-state index contributed by atoms with van der Waals surface area (Å²) in [6, 6.07) is 12.2. The van der Waals surface area contributed by atoms with E-state index < -0.39 is 5.97 Å². The van der Waals surface area contributed by atoms with Crippen molar-refractivity contribution in [2.45, 2.75) is 13.0 Å². The van der Waals surface area contributed by atoms with Crippen LogP contribution >= 0.6 is 0 Å². The van der Waals surface area contributed by atoms with E-state index >= 15 is 0 Å². The lowest BCUT2D eigenvalue weighted by atomic mass is 9.97. The second kappa shape index (κ2) is 8.01. The van der Waals surface area contributed by atoms with Crippen LogP contribution in [-0.4, -0.2) is 48.8 Å². The van der Waals surface area contributed by atoms with Gasteiger partial charge in [0, 0.05) is 25.8 Å². The van der Waals surface area contributed by atoms with Crippen LogP contribution in [-0.2, 0) is 17.7 Å². The average molecular weight is 355 g/mol. The number of ether oxygens (including phenoxy) is 2. The molecule has 6 heteroatoms. The van der Waals surface area contributed by atoms with Gasteiger partial charge in [-0.2, -0.15) is 0 Å². The lowest BCUT2D eigenvalue weighted by Crippen LogP contribution is -2.36. The summed E-state index contributed by atoms with van der Waals surface area (Å²) >= 11 is 0. The van der Waals surface area contributed by atoms with Crippen molar-refractivity contribution in [2.75, 3.05) is 26.9 Å². The molecule has 1 aliphatic heterocycles. The molecule has 1 heterocycles. The van der Waals surface area contributed by atoms with Gasteiger partial charge in [-0.05, 0) is 47.9 Å². The molecule has 0 spiro atoms. The van der Waals surface area contributed by atoms with E-state index in [1.54, 1.807) is 48.4 Å². The third kappa shape index (κ3) is 4.03. The molecule has 0 radical (unpaired) electrons. The van der Waals surface area contributed by atoms with Crippen LogP contribution < -0.4 is 4.74 Å². The molecule has 0 saturated heterocycles. The molecule has 0 atom stereocenters. The molecule has 136 valence electrons. The number of hydrogen-bond donors (Lipinski definition) is 1. The fourth-order valence-electron chi connectivity index (χ4n) is 3.01. The third-order valence-corrected chi connectivity index (χ3v) is 4.39.